The molecular formula is C17H21N3O4S. The average molecular weight is 363 g/mol. The van der Waals surface area contributed by atoms with Crippen molar-refractivity contribution in [2.75, 3.05) is 19.4 Å². The third-order valence-corrected chi connectivity index (χ3v) is 4.06. The van der Waals surface area contributed by atoms with E-state index < -0.39 is 9.84 Å². The molecule has 2 rings (SSSR count). The van der Waals surface area contributed by atoms with E-state index in [1.807, 2.05) is 31.2 Å². The second kappa shape index (κ2) is 7.98. The average Bonchev–Trinajstić information content (AvgIpc) is 3.02. The Hall–Kier alpha value is -2.61. The van der Waals surface area contributed by atoms with Gasteiger partial charge in [-0.1, -0.05) is 12.1 Å². The molecule has 0 fully saturated rings. The molecule has 1 aromatic carbocycles. The number of H-pyrrole nitrogens is 1. The third kappa shape index (κ3) is 5.46. The predicted molar refractivity (Wildman–Crippen MR) is 96.1 cm³/mol. The van der Waals surface area contributed by atoms with Crippen LogP contribution >= 0.6 is 0 Å². The number of benzene rings is 1. The summed E-state index contributed by atoms with van der Waals surface area (Å²) in [6, 6.07) is 9.06. The van der Waals surface area contributed by atoms with Gasteiger partial charge in [-0.15, -0.1) is 0 Å². The Bertz CT molecular complexity index is 885. The minimum atomic E-state index is -3.23. The van der Waals surface area contributed by atoms with Gasteiger partial charge in [0.05, 0.1) is 12.3 Å². The fourth-order valence-electron chi connectivity index (χ4n) is 2.26. The number of rotatable bonds is 7. The van der Waals surface area contributed by atoms with Crippen LogP contribution in [0.5, 0.6) is 5.75 Å². The molecule has 0 radical (unpaired) electrons. The fourth-order valence-corrected chi connectivity index (χ4v) is 3.07. The quantitative estimate of drug-likeness (QED) is 0.785. The van der Waals surface area contributed by atoms with Crippen LogP contribution in [-0.2, 0) is 9.84 Å². The van der Waals surface area contributed by atoms with E-state index in [9.17, 15) is 13.2 Å². The molecule has 2 aromatic rings. The second-order valence-corrected chi connectivity index (χ2v) is 7.47. The molecule has 0 aliphatic heterocycles. The maximum absolute atomic E-state index is 12.2. The largest absolute Gasteiger partial charge is 0.493 e. The number of sulfone groups is 1. The van der Waals surface area contributed by atoms with Gasteiger partial charge in [0.25, 0.3) is 5.91 Å². The van der Waals surface area contributed by atoms with Crippen molar-refractivity contribution in [2.45, 2.75) is 13.8 Å². The Labute approximate surface area is 147 Å². The number of hydrogen-bond donors (Lipinski definition) is 2. The first-order valence-corrected chi connectivity index (χ1v) is 9.68. The highest BCUT2D eigenvalue weighted by Crippen LogP contribution is 2.28. The highest BCUT2D eigenvalue weighted by molar-refractivity contribution is 7.93. The number of aromatic nitrogens is 2. The third-order valence-electron chi connectivity index (χ3n) is 3.23. The standard InChI is InChI=1S/C17H21N3O4S/c1-4-24-16-8-6-5-7-13(16)14-9-15(20-19-14)17(21)18-10-12(2)11-25(3,22)23/h5-9,11H,4,10H2,1-3H3,(H,18,21)(H,19,20)/b12-11+. The van der Waals surface area contributed by atoms with Crippen molar-refractivity contribution in [3.05, 3.63) is 47.0 Å². The van der Waals surface area contributed by atoms with E-state index in [-0.39, 0.29) is 18.1 Å². The van der Waals surface area contributed by atoms with Gasteiger partial charge in [0, 0.05) is 23.8 Å². The van der Waals surface area contributed by atoms with E-state index in [4.69, 9.17) is 4.74 Å². The van der Waals surface area contributed by atoms with Crippen LogP contribution in [-0.4, -0.2) is 43.9 Å². The van der Waals surface area contributed by atoms with Crippen LogP contribution in [0.4, 0.5) is 0 Å². The molecule has 0 bridgehead atoms. The molecule has 0 saturated carbocycles. The minimum Gasteiger partial charge on any atom is -0.493 e. The zero-order valence-electron chi connectivity index (χ0n) is 14.4. The molecule has 1 heterocycles. The Balaban J connectivity index is 2.11. The number of amides is 1. The van der Waals surface area contributed by atoms with Gasteiger partial charge in [-0.2, -0.15) is 5.10 Å². The van der Waals surface area contributed by atoms with Gasteiger partial charge in [-0.05, 0) is 37.6 Å². The summed E-state index contributed by atoms with van der Waals surface area (Å²) in [5.74, 6) is 0.323. The van der Waals surface area contributed by atoms with Gasteiger partial charge in [0.2, 0.25) is 0 Å². The van der Waals surface area contributed by atoms with Gasteiger partial charge in [0.15, 0.2) is 9.84 Å². The molecule has 1 aromatic heterocycles. The first-order valence-electron chi connectivity index (χ1n) is 7.73. The van der Waals surface area contributed by atoms with E-state index in [1.165, 1.54) is 0 Å². The Morgan fingerprint density at radius 1 is 1.36 bits per heavy atom. The molecule has 7 nitrogen and oxygen atoms in total. The van der Waals surface area contributed by atoms with Crippen LogP contribution in [0, 0.1) is 0 Å². The smallest absolute Gasteiger partial charge is 0.269 e. The molecule has 8 heteroatoms. The summed E-state index contributed by atoms with van der Waals surface area (Å²) in [6.07, 6.45) is 1.11. The maximum Gasteiger partial charge on any atom is 0.269 e. The van der Waals surface area contributed by atoms with E-state index >= 15 is 0 Å². The van der Waals surface area contributed by atoms with Crippen molar-refractivity contribution in [3.63, 3.8) is 0 Å². The summed E-state index contributed by atoms with van der Waals surface area (Å²) in [6.45, 7) is 4.20. The van der Waals surface area contributed by atoms with Crippen molar-refractivity contribution in [2.24, 2.45) is 0 Å². The van der Waals surface area contributed by atoms with Crippen LogP contribution in [0.2, 0.25) is 0 Å². The SMILES string of the molecule is CCOc1ccccc1-c1cc(C(=O)NC/C(C)=C/S(C)(=O)=O)[nH]n1. The first-order chi connectivity index (χ1) is 11.8. The van der Waals surface area contributed by atoms with Gasteiger partial charge in [-0.3, -0.25) is 9.89 Å². The van der Waals surface area contributed by atoms with Crippen molar-refractivity contribution in [1.29, 1.82) is 0 Å². The molecule has 0 spiro atoms. The minimum absolute atomic E-state index is 0.135. The lowest BCUT2D eigenvalue weighted by Gasteiger charge is -2.07. The van der Waals surface area contributed by atoms with Gasteiger partial charge >= 0.3 is 0 Å². The molecular weight excluding hydrogens is 342 g/mol. The number of carbonyl (C=O) groups is 1. The van der Waals surface area contributed by atoms with Crippen LogP contribution in [0.3, 0.4) is 0 Å². The van der Waals surface area contributed by atoms with Crippen LogP contribution < -0.4 is 10.1 Å². The number of para-hydroxylation sites is 1. The van der Waals surface area contributed by atoms with Gasteiger partial charge in [0.1, 0.15) is 11.4 Å². The Morgan fingerprint density at radius 3 is 2.76 bits per heavy atom. The van der Waals surface area contributed by atoms with Crippen molar-refractivity contribution in [1.82, 2.24) is 15.5 Å². The van der Waals surface area contributed by atoms with Crippen LogP contribution in [0.1, 0.15) is 24.3 Å². The summed E-state index contributed by atoms with van der Waals surface area (Å²) in [7, 11) is -3.23. The Morgan fingerprint density at radius 2 is 2.08 bits per heavy atom. The van der Waals surface area contributed by atoms with Crippen LogP contribution in [0.15, 0.2) is 41.3 Å². The number of ether oxygens (including phenoxy) is 1. The zero-order valence-corrected chi connectivity index (χ0v) is 15.2. The molecule has 2 N–H and O–H groups in total. The monoisotopic (exact) mass is 363 g/mol. The number of nitrogens with one attached hydrogen (secondary N) is 2. The Kier molecular flexibility index (Phi) is 5.97. The summed E-state index contributed by atoms with van der Waals surface area (Å²) >= 11 is 0. The van der Waals surface area contributed by atoms with Crippen LogP contribution in [0.25, 0.3) is 11.3 Å². The number of carbonyl (C=O) groups excluding carboxylic acids is 1. The highest BCUT2D eigenvalue weighted by atomic mass is 32.2. The van der Waals surface area contributed by atoms with Crippen molar-refractivity contribution in [3.8, 4) is 17.0 Å². The molecule has 0 aliphatic rings. The summed E-state index contributed by atoms with van der Waals surface area (Å²) in [5.41, 5.74) is 2.20. The summed E-state index contributed by atoms with van der Waals surface area (Å²) in [5, 5.41) is 10.6. The highest BCUT2D eigenvalue weighted by Gasteiger charge is 2.13. The first kappa shape index (κ1) is 18.7. The maximum atomic E-state index is 12.2. The lowest BCUT2D eigenvalue weighted by Crippen LogP contribution is -2.25. The van der Waals surface area contributed by atoms with Crippen molar-refractivity contribution >= 4 is 15.7 Å². The lowest BCUT2D eigenvalue weighted by molar-refractivity contribution is 0.0952. The second-order valence-electron chi connectivity index (χ2n) is 5.57. The number of nitrogens with zero attached hydrogens (tertiary/aromatic N) is 1. The molecule has 0 atom stereocenters. The van der Waals surface area contributed by atoms with E-state index in [0.29, 0.717) is 23.6 Å². The van der Waals surface area contributed by atoms with Gasteiger partial charge < -0.3 is 10.1 Å². The predicted octanol–water partition coefficient (Wildman–Crippen LogP) is 2.15. The molecule has 0 aliphatic carbocycles. The normalized spacial score (nSPS) is 12.0. The van der Waals surface area contributed by atoms with Crippen molar-refractivity contribution < 1.29 is 17.9 Å². The number of hydrogen-bond acceptors (Lipinski definition) is 5. The molecule has 25 heavy (non-hydrogen) atoms. The fraction of sp³-hybridized carbons (Fsp3) is 0.294. The molecule has 0 saturated heterocycles. The molecule has 1 amide bonds. The summed E-state index contributed by atoms with van der Waals surface area (Å²) < 4.78 is 27.9. The lowest BCUT2D eigenvalue weighted by atomic mass is 10.1. The number of aromatic amines is 1. The van der Waals surface area contributed by atoms with Gasteiger partial charge in [-0.25, -0.2) is 8.42 Å². The molecule has 134 valence electrons. The van der Waals surface area contributed by atoms with E-state index in [2.05, 4.69) is 15.5 Å². The summed E-state index contributed by atoms with van der Waals surface area (Å²) in [4.78, 5) is 12.2. The zero-order chi connectivity index (χ0) is 18.4. The van der Waals surface area contributed by atoms with E-state index in [1.54, 1.807) is 13.0 Å². The van der Waals surface area contributed by atoms with E-state index in [0.717, 1.165) is 17.2 Å². The topological polar surface area (TPSA) is 101 Å². The molecule has 0 unspecified atom stereocenters.